The summed E-state index contributed by atoms with van der Waals surface area (Å²) in [5.74, 6) is 0. The number of nitrogens with zero attached hydrogens (tertiary/aromatic N) is 1. The Morgan fingerprint density at radius 1 is 1.19 bits per heavy atom. The van der Waals surface area contributed by atoms with Crippen molar-refractivity contribution >= 4 is 15.9 Å². The van der Waals surface area contributed by atoms with Gasteiger partial charge in [0.05, 0.1) is 0 Å². The summed E-state index contributed by atoms with van der Waals surface area (Å²) in [6, 6.07) is 11.1. The lowest BCUT2D eigenvalue weighted by molar-refractivity contribution is 1.22. The van der Waals surface area contributed by atoms with Crippen molar-refractivity contribution in [1.82, 2.24) is 4.98 Å². The zero-order chi connectivity index (χ0) is 11.5. The van der Waals surface area contributed by atoms with Crippen molar-refractivity contribution in [2.75, 3.05) is 0 Å². The molecule has 0 aliphatic heterocycles. The zero-order valence-electron chi connectivity index (χ0n) is 8.20. The molecule has 3 nitrogen and oxygen atoms in total. The number of hydrogen-bond donors (Lipinski definition) is 1. The number of aromatic amines is 1. The first-order valence-corrected chi connectivity index (χ1v) is 5.39. The Balaban J connectivity index is 2.66. The minimum atomic E-state index is -0.358. The van der Waals surface area contributed by atoms with Gasteiger partial charge < -0.3 is 4.98 Å². The monoisotopic (exact) mass is 274 g/mol. The second-order valence-corrected chi connectivity index (χ2v) is 4.13. The van der Waals surface area contributed by atoms with Crippen molar-refractivity contribution in [2.24, 2.45) is 0 Å². The lowest BCUT2D eigenvalue weighted by atomic mass is 10.0. The number of halogens is 1. The van der Waals surface area contributed by atoms with Gasteiger partial charge in [-0.15, -0.1) is 0 Å². The van der Waals surface area contributed by atoms with Gasteiger partial charge in [0, 0.05) is 16.2 Å². The molecule has 1 aromatic heterocycles. The molecular weight excluding hydrogens is 268 g/mol. The van der Waals surface area contributed by atoms with E-state index in [0.29, 0.717) is 5.56 Å². The van der Waals surface area contributed by atoms with E-state index in [2.05, 4.69) is 20.9 Å². The quantitative estimate of drug-likeness (QED) is 0.869. The molecule has 0 saturated carbocycles. The van der Waals surface area contributed by atoms with Crippen LogP contribution in [0.5, 0.6) is 0 Å². The van der Waals surface area contributed by atoms with Gasteiger partial charge in [-0.25, -0.2) is 0 Å². The molecule has 2 rings (SSSR count). The van der Waals surface area contributed by atoms with Gasteiger partial charge >= 0.3 is 0 Å². The van der Waals surface area contributed by atoms with Gasteiger partial charge in [0.2, 0.25) is 0 Å². The van der Waals surface area contributed by atoms with Crippen LogP contribution in [0.15, 0.2) is 45.8 Å². The van der Waals surface area contributed by atoms with Gasteiger partial charge in [0.25, 0.3) is 5.56 Å². The van der Waals surface area contributed by atoms with Crippen molar-refractivity contribution in [2.45, 2.75) is 0 Å². The van der Waals surface area contributed by atoms with Gasteiger partial charge in [-0.1, -0.05) is 28.1 Å². The lowest BCUT2D eigenvalue weighted by Gasteiger charge is -2.02. The predicted octanol–water partition coefficient (Wildman–Crippen LogP) is 2.68. The Morgan fingerprint density at radius 3 is 2.50 bits per heavy atom. The Hall–Kier alpha value is -1.86. The van der Waals surface area contributed by atoms with Crippen LogP contribution in [0.3, 0.4) is 0 Å². The second-order valence-electron chi connectivity index (χ2n) is 3.21. The summed E-state index contributed by atoms with van der Waals surface area (Å²) in [7, 11) is 0. The van der Waals surface area contributed by atoms with Crippen LogP contribution in [0.4, 0.5) is 0 Å². The van der Waals surface area contributed by atoms with Crippen molar-refractivity contribution < 1.29 is 0 Å². The summed E-state index contributed by atoms with van der Waals surface area (Å²) < 4.78 is 0.958. The van der Waals surface area contributed by atoms with Crippen LogP contribution in [-0.2, 0) is 0 Å². The highest BCUT2D eigenvalue weighted by Crippen LogP contribution is 2.22. The van der Waals surface area contributed by atoms with E-state index < -0.39 is 0 Å². The number of benzene rings is 1. The Labute approximate surface area is 100 Å². The first-order chi connectivity index (χ1) is 7.72. The maximum absolute atomic E-state index is 11.4. The van der Waals surface area contributed by atoms with Crippen LogP contribution in [0, 0.1) is 11.3 Å². The number of aromatic nitrogens is 1. The van der Waals surface area contributed by atoms with Crippen LogP contribution in [-0.4, -0.2) is 4.98 Å². The van der Waals surface area contributed by atoms with Crippen LogP contribution >= 0.6 is 15.9 Å². The molecule has 0 amide bonds. The first kappa shape index (κ1) is 10.7. The van der Waals surface area contributed by atoms with Crippen LogP contribution in [0.2, 0.25) is 0 Å². The second kappa shape index (κ2) is 4.33. The van der Waals surface area contributed by atoms with E-state index in [9.17, 15) is 4.79 Å². The number of H-pyrrole nitrogens is 1. The molecule has 0 unspecified atom stereocenters. The van der Waals surface area contributed by atoms with Crippen LogP contribution in [0.1, 0.15) is 5.56 Å². The van der Waals surface area contributed by atoms with E-state index in [4.69, 9.17) is 5.26 Å². The van der Waals surface area contributed by atoms with E-state index >= 15 is 0 Å². The van der Waals surface area contributed by atoms with Crippen molar-refractivity contribution in [3.63, 3.8) is 0 Å². The van der Waals surface area contributed by atoms with E-state index in [-0.39, 0.29) is 11.1 Å². The number of rotatable bonds is 1. The van der Waals surface area contributed by atoms with Crippen molar-refractivity contribution in [3.05, 3.63) is 56.9 Å². The maximum atomic E-state index is 11.4. The molecule has 4 heteroatoms. The van der Waals surface area contributed by atoms with Crippen molar-refractivity contribution in [3.8, 4) is 17.2 Å². The fourth-order valence-electron chi connectivity index (χ4n) is 1.46. The van der Waals surface area contributed by atoms with Crippen LogP contribution < -0.4 is 5.56 Å². The first-order valence-electron chi connectivity index (χ1n) is 4.60. The number of pyridine rings is 1. The Kier molecular flexibility index (Phi) is 2.88. The largest absolute Gasteiger partial charge is 0.328 e. The van der Waals surface area contributed by atoms with E-state index in [1.54, 1.807) is 12.3 Å². The molecule has 1 N–H and O–H groups in total. The summed E-state index contributed by atoms with van der Waals surface area (Å²) >= 11 is 3.34. The Morgan fingerprint density at radius 2 is 1.88 bits per heavy atom. The molecule has 2 aromatic rings. The predicted molar refractivity (Wildman–Crippen MR) is 64.9 cm³/mol. The van der Waals surface area contributed by atoms with Gasteiger partial charge in [-0.05, 0) is 23.8 Å². The third-order valence-electron chi connectivity index (χ3n) is 2.23. The average Bonchev–Trinajstić information content (AvgIpc) is 2.30. The topological polar surface area (TPSA) is 56.6 Å². The standard InChI is InChI=1S/C12H7BrN2O/c13-9-3-1-8(2-4-9)10-5-6-15-12(16)11(10)7-14/h1-6H,(H,15,16). The SMILES string of the molecule is N#Cc1c(-c2ccc(Br)cc2)cc[nH]c1=O. The molecule has 78 valence electrons. The van der Waals surface area contributed by atoms with Gasteiger partial charge in [-0.3, -0.25) is 4.79 Å². The normalized spacial score (nSPS) is 9.75. The summed E-state index contributed by atoms with van der Waals surface area (Å²) in [6.45, 7) is 0. The molecule has 1 heterocycles. The number of nitriles is 1. The molecular formula is C12H7BrN2O. The average molecular weight is 275 g/mol. The molecule has 16 heavy (non-hydrogen) atoms. The Bertz CT molecular complexity index is 608. The zero-order valence-corrected chi connectivity index (χ0v) is 9.78. The van der Waals surface area contributed by atoms with Crippen molar-refractivity contribution in [1.29, 1.82) is 5.26 Å². The molecule has 0 aliphatic carbocycles. The van der Waals surface area contributed by atoms with E-state index in [1.807, 2.05) is 30.3 Å². The third kappa shape index (κ3) is 1.90. The number of hydrogen-bond acceptors (Lipinski definition) is 2. The maximum Gasteiger partial charge on any atom is 0.266 e. The summed E-state index contributed by atoms with van der Waals surface area (Å²) in [4.78, 5) is 13.9. The summed E-state index contributed by atoms with van der Waals surface area (Å²) in [6.07, 6.45) is 1.54. The molecule has 0 spiro atoms. The van der Waals surface area contributed by atoms with E-state index in [0.717, 1.165) is 10.0 Å². The summed E-state index contributed by atoms with van der Waals surface area (Å²) in [5.41, 5.74) is 1.29. The summed E-state index contributed by atoms with van der Waals surface area (Å²) in [5, 5.41) is 8.94. The molecule has 0 radical (unpaired) electrons. The highest BCUT2D eigenvalue weighted by molar-refractivity contribution is 9.10. The molecule has 0 aliphatic rings. The minimum absolute atomic E-state index is 0.143. The minimum Gasteiger partial charge on any atom is -0.328 e. The molecule has 1 aromatic carbocycles. The highest BCUT2D eigenvalue weighted by atomic mass is 79.9. The molecule has 0 saturated heterocycles. The smallest absolute Gasteiger partial charge is 0.266 e. The molecule has 0 atom stereocenters. The van der Waals surface area contributed by atoms with Crippen LogP contribution in [0.25, 0.3) is 11.1 Å². The molecule has 0 bridgehead atoms. The van der Waals surface area contributed by atoms with Gasteiger partial charge in [0.1, 0.15) is 11.6 Å². The van der Waals surface area contributed by atoms with E-state index in [1.165, 1.54) is 0 Å². The third-order valence-corrected chi connectivity index (χ3v) is 2.76. The van der Waals surface area contributed by atoms with Gasteiger partial charge in [0.15, 0.2) is 0 Å². The highest BCUT2D eigenvalue weighted by Gasteiger charge is 2.07. The molecule has 0 fully saturated rings. The lowest BCUT2D eigenvalue weighted by Crippen LogP contribution is -2.10. The fraction of sp³-hybridized carbons (Fsp3) is 0. The van der Waals surface area contributed by atoms with Gasteiger partial charge in [-0.2, -0.15) is 5.26 Å². The fourth-order valence-corrected chi connectivity index (χ4v) is 1.72. The number of nitrogens with one attached hydrogen (secondary N) is 1.